The summed E-state index contributed by atoms with van der Waals surface area (Å²) in [6.07, 6.45) is -4.89. The molecule has 6 nitrogen and oxygen atoms in total. The first kappa shape index (κ1) is 26.5. The number of para-hydroxylation sites is 2. The van der Waals surface area contributed by atoms with E-state index in [1.807, 2.05) is 0 Å². The van der Waals surface area contributed by atoms with Crippen molar-refractivity contribution in [3.05, 3.63) is 117 Å². The Balaban J connectivity index is 1.51. The average Bonchev–Trinajstić information content (AvgIpc) is 3.50. The van der Waals surface area contributed by atoms with E-state index in [2.05, 4.69) is 20.6 Å². The summed E-state index contributed by atoms with van der Waals surface area (Å²) in [5.41, 5.74) is 0.237. The van der Waals surface area contributed by atoms with E-state index in [-0.39, 0.29) is 33.5 Å². The zero-order chi connectivity index (χ0) is 29.1. The van der Waals surface area contributed by atoms with Crippen LogP contribution in [0.2, 0.25) is 5.02 Å². The van der Waals surface area contributed by atoms with Gasteiger partial charge in [0, 0.05) is 38.5 Å². The maximum atomic E-state index is 14.2. The van der Waals surface area contributed by atoms with Gasteiger partial charge in [-0.15, -0.1) is 0 Å². The maximum absolute atomic E-state index is 14.2. The molecule has 1 aromatic heterocycles. The second kappa shape index (κ2) is 9.70. The van der Waals surface area contributed by atoms with Crippen molar-refractivity contribution in [2.75, 3.05) is 5.32 Å². The van der Waals surface area contributed by atoms with Crippen molar-refractivity contribution in [2.24, 2.45) is 0 Å². The fourth-order valence-corrected chi connectivity index (χ4v) is 5.04. The van der Waals surface area contributed by atoms with Gasteiger partial charge >= 0.3 is 6.18 Å². The Hall–Kier alpha value is -4.77. The maximum Gasteiger partial charge on any atom is 0.416 e. The number of nitrogens with zero attached hydrogens (tertiary/aromatic N) is 1. The first-order valence-electron chi connectivity index (χ1n) is 12.1. The molecule has 6 rings (SSSR count). The standard InChI is InChI=1S/C29H16ClF5N4O2/c30-20-6-5-16(31)12-18(20)25-24-19(28(41)39-25)9-13(26-36-21-3-1-2-4-22(21)37-26)10-23(24)38-27(40)14-7-15(29(33,34)35)11-17(32)8-14/h1-12,25H,(H,36,37)(H,38,40)(H,39,41). The molecular formula is C29H16ClF5N4O2. The Kier molecular flexibility index (Phi) is 6.26. The van der Waals surface area contributed by atoms with Crippen molar-refractivity contribution in [3.63, 3.8) is 0 Å². The van der Waals surface area contributed by atoms with Crippen LogP contribution in [0.1, 0.15) is 43.4 Å². The third kappa shape index (κ3) is 4.89. The minimum atomic E-state index is -4.89. The lowest BCUT2D eigenvalue weighted by Gasteiger charge is -2.19. The van der Waals surface area contributed by atoms with Crippen molar-refractivity contribution >= 4 is 40.1 Å². The monoisotopic (exact) mass is 582 g/mol. The summed E-state index contributed by atoms with van der Waals surface area (Å²) in [5, 5.41) is 5.37. The lowest BCUT2D eigenvalue weighted by atomic mass is 9.94. The van der Waals surface area contributed by atoms with E-state index < -0.39 is 46.8 Å². The quantitative estimate of drug-likeness (QED) is 0.195. The van der Waals surface area contributed by atoms with Gasteiger partial charge in [0.15, 0.2) is 0 Å². The number of hydrogen-bond acceptors (Lipinski definition) is 3. The summed E-state index contributed by atoms with van der Waals surface area (Å²) in [7, 11) is 0. The summed E-state index contributed by atoms with van der Waals surface area (Å²) in [6, 6.07) is 14.2. The van der Waals surface area contributed by atoms with Crippen LogP contribution in [0.25, 0.3) is 22.4 Å². The molecule has 0 spiro atoms. The highest BCUT2D eigenvalue weighted by atomic mass is 35.5. The van der Waals surface area contributed by atoms with Gasteiger partial charge in [0.2, 0.25) is 0 Å². The van der Waals surface area contributed by atoms with E-state index in [1.54, 1.807) is 24.3 Å². The smallest absolute Gasteiger partial charge is 0.341 e. The summed E-state index contributed by atoms with van der Waals surface area (Å²) in [4.78, 5) is 34.0. The molecule has 2 amide bonds. The topological polar surface area (TPSA) is 86.9 Å². The fraction of sp³-hybridized carbons (Fsp3) is 0.0690. The summed E-state index contributed by atoms with van der Waals surface area (Å²) >= 11 is 6.33. The molecule has 3 N–H and O–H groups in total. The number of fused-ring (bicyclic) bond motifs is 2. The molecule has 2 heterocycles. The van der Waals surface area contributed by atoms with Gasteiger partial charge in [0.05, 0.1) is 22.6 Å². The van der Waals surface area contributed by atoms with Gasteiger partial charge in [-0.3, -0.25) is 9.59 Å². The Morgan fingerprint density at radius 1 is 0.951 bits per heavy atom. The molecule has 0 saturated heterocycles. The van der Waals surface area contributed by atoms with Gasteiger partial charge < -0.3 is 15.6 Å². The highest BCUT2D eigenvalue weighted by Crippen LogP contribution is 2.42. The second-order valence-corrected chi connectivity index (χ2v) is 9.75. The number of H-pyrrole nitrogens is 1. The summed E-state index contributed by atoms with van der Waals surface area (Å²) in [5.74, 6) is -3.18. The summed E-state index contributed by atoms with van der Waals surface area (Å²) in [6.45, 7) is 0. The number of anilines is 1. The molecule has 0 fully saturated rings. The minimum Gasteiger partial charge on any atom is -0.341 e. The van der Waals surface area contributed by atoms with E-state index in [0.717, 1.165) is 12.1 Å². The number of hydrogen-bond donors (Lipinski definition) is 3. The zero-order valence-electron chi connectivity index (χ0n) is 20.5. The van der Waals surface area contributed by atoms with Crippen molar-refractivity contribution in [1.29, 1.82) is 0 Å². The zero-order valence-corrected chi connectivity index (χ0v) is 21.3. The molecule has 12 heteroatoms. The van der Waals surface area contributed by atoms with Gasteiger partial charge in [-0.25, -0.2) is 13.8 Å². The molecule has 4 aromatic carbocycles. The van der Waals surface area contributed by atoms with Crippen LogP contribution in [0.4, 0.5) is 27.6 Å². The minimum absolute atomic E-state index is 0.00412. The number of aromatic nitrogens is 2. The van der Waals surface area contributed by atoms with Crippen molar-refractivity contribution in [3.8, 4) is 11.4 Å². The molecule has 1 aliphatic rings. The number of halogens is 6. The van der Waals surface area contributed by atoms with Crippen LogP contribution in [0, 0.1) is 11.6 Å². The molecule has 0 aliphatic carbocycles. The molecule has 1 unspecified atom stereocenters. The van der Waals surface area contributed by atoms with Crippen molar-refractivity contribution in [1.82, 2.24) is 15.3 Å². The number of nitrogens with one attached hydrogen (secondary N) is 3. The molecule has 0 saturated carbocycles. The van der Waals surface area contributed by atoms with Crippen molar-refractivity contribution in [2.45, 2.75) is 12.2 Å². The van der Waals surface area contributed by atoms with Gasteiger partial charge in [-0.1, -0.05) is 23.7 Å². The normalized spacial score (nSPS) is 14.7. The lowest BCUT2D eigenvalue weighted by Crippen LogP contribution is -2.21. The second-order valence-electron chi connectivity index (χ2n) is 9.34. The van der Waals surface area contributed by atoms with Gasteiger partial charge in [-0.05, 0) is 60.7 Å². The van der Waals surface area contributed by atoms with Crippen LogP contribution in [0.5, 0.6) is 0 Å². The van der Waals surface area contributed by atoms with E-state index in [1.165, 1.54) is 18.2 Å². The molecular weight excluding hydrogens is 567 g/mol. The molecule has 1 aliphatic heterocycles. The van der Waals surface area contributed by atoms with Crippen LogP contribution in [-0.2, 0) is 6.18 Å². The number of rotatable bonds is 4. The highest BCUT2D eigenvalue weighted by Gasteiger charge is 2.36. The predicted molar refractivity (Wildman–Crippen MR) is 142 cm³/mol. The van der Waals surface area contributed by atoms with Gasteiger partial charge in [-0.2, -0.15) is 13.2 Å². The number of carbonyl (C=O) groups is 2. The number of amides is 2. The third-order valence-electron chi connectivity index (χ3n) is 6.66. The predicted octanol–water partition coefficient (Wildman–Crippen LogP) is 7.27. The third-order valence-corrected chi connectivity index (χ3v) is 7.00. The Bertz CT molecular complexity index is 1850. The Morgan fingerprint density at radius 2 is 1.73 bits per heavy atom. The largest absolute Gasteiger partial charge is 0.416 e. The average molecular weight is 583 g/mol. The molecule has 0 radical (unpaired) electrons. The van der Waals surface area contributed by atoms with Crippen LogP contribution >= 0.6 is 11.6 Å². The van der Waals surface area contributed by atoms with E-state index in [4.69, 9.17) is 11.6 Å². The number of benzene rings is 4. The first-order chi connectivity index (χ1) is 19.5. The van der Waals surface area contributed by atoms with E-state index >= 15 is 0 Å². The Labute approximate surface area is 233 Å². The number of alkyl halides is 3. The number of imidazole rings is 1. The van der Waals surface area contributed by atoms with Crippen LogP contribution in [-0.4, -0.2) is 21.8 Å². The van der Waals surface area contributed by atoms with Crippen LogP contribution in [0.15, 0.2) is 72.8 Å². The lowest BCUT2D eigenvalue weighted by molar-refractivity contribution is -0.137. The number of carbonyl (C=O) groups excluding carboxylic acids is 2. The molecule has 0 bridgehead atoms. The molecule has 41 heavy (non-hydrogen) atoms. The summed E-state index contributed by atoms with van der Waals surface area (Å²) < 4.78 is 68.2. The fourth-order valence-electron chi connectivity index (χ4n) is 4.81. The SMILES string of the molecule is O=C(Nc1cc(-c2nc3ccccc3[nH]2)cc2c1C(c1cc(F)ccc1Cl)NC2=O)c1cc(F)cc(C(F)(F)F)c1. The molecule has 5 aromatic rings. The van der Waals surface area contributed by atoms with Gasteiger partial charge in [0.1, 0.15) is 17.5 Å². The van der Waals surface area contributed by atoms with Crippen LogP contribution in [0.3, 0.4) is 0 Å². The number of aromatic amines is 1. The Morgan fingerprint density at radius 3 is 2.49 bits per heavy atom. The van der Waals surface area contributed by atoms with E-state index in [0.29, 0.717) is 34.6 Å². The molecule has 1 atom stereocenters. The molecule has 206 valence electrons. The van der Waals surface area contributed by atoms with Gasteiger partial charge in [0.25, 0.3) is 11.8 Å². The van der Waals surface area contributed by atoms with Crippen LogP contribution < -0.4 is 10.6 Å². The first-order valence-corrected chi connectivity index (χ1v) is 12.4. The highest BCUT2D eigenvalue weighted by molar-refractivity contribution is 6.31. The van der Waals surface area contributed by atoms with Crippen molar-refractivity contribution < 1.29 is 31.5 Å². The van der Waals surface area contributed by atoms with E-state index in [9.17, 15) is 31.5 Å².